The third-order valence-electron chi connectivity index (χ3n) is 3.90. The summed E-state index contributed by atoms with van der Waals surface area (Å²) in [7, 11) is 1.72. The van der Waals surface area contributed by atoms with Crippen LogP contribution in [0, 0.1) is 6.92 Å². The number of pyridine rings is 1. The predicted molar refractivity (Wildman–Crippen MR) is 93.1 cm³/mol. The number of ether oxygens (including phenoxy) is 1. The highest BCUT2D eigenvalue weighted by Gasteiger charge is 2.40. The quantitative estimate of drug-likeness (QED) is 0.851. The van der Waals surface area contributed by atoms with Crippen molar-refractivity contribution in [2.24, 2.45) is 0 Å². The van der Waals surface area contributed by atoms with Crippen molar-refractivity contribution >= 4 is 28.7 Å². The fourth-order valence-electron chi connectivity index (χ4n) is 2.81. The van der Waals surface area contributed by atoms with E-state index in [1.165, 1.54) is 10.4 Å². The van der Waals surface area contributed by atoms with Crippen LogP contribution in [0.5, 0.6) is 0 Å². The molecule has 1 aliphatic rings. The molecule has 2 aromatic rings. The van der Waals surface area contributed by atoms with Gasteiger partial charge in [-0.3, -0.25) is 4.98 Å². The van der Waals surface area contributed by atoms with Crippen molar-refractivity contribution in [1.82, 2.24) is 15.2 Å². The van der Waals surface area contributed by atoms with E-state index in [2.05, 4.69) is 39.6 Å². The van der Waals surface area contributed by atoms with Gasteiger partial charge >= 0.3 is 0 Å². The molecule has 1 saturated heterocycles. The van der Waals surface area contributed by atoms with Crippen LogP contribution in [-0.4, -0.2) is 35.3 Å². The van der Waals surface area contributed by atoms with Gasteiger partial charge in [0.15, 0.2) is 5.11 Å². The Hall–Kier alpha value is -1.50. The van der Waals surface area contributed by atoms with Gasteiger partial charge in [-0.2, -0.15) is 0 Å². The fourth-order valence-corrected chi connectivity index (χ4v) is 4.21. The van der Waals surface area contributed by atoms with Crippen molar-refractivity contribution in [3.8, 4) is 0 Å². The van der Waals surface area contributed by atoms with Crippen molar-refractivity contribution in [2.45, 2.75) is 19.0 Å². The molecular formula is C16H19N3OS2. The van der Waals surface area contributed by atoms with Crippen LogP contribution < -0.4 is 5.32 Å². The van der Waals surface area contributed by atoms with Gasteiger partial charge in [-0.05, 0) is 48.3 Å². The van der Waals surface area contributed by atoms with Gasteiger partial charge in [-0.1, -0.05) is 6.07 Å². The Balaban J connectivity index is 1.99. The van der Waals surface area contributed by atoms with Gasteiger partial charge in [0.25, 0.3) is 0 Å². The Morgan fingerprint density at radius 2 is 2.27 bits per heavy atom. The van der Waals surface area contributed by atoms with Crippen LogP contribution in [0.1, 0.15) is 28.2 Å². The summed E-state index contributed by atoms with van der Waals surface area (Å²) in [5, 5.41) is 6.34. The number of hydrogen-bond acceptors (Lipinski definition) is 4. The SMILES string of the molecule is COCCN1C(=S)N[C@H](c2ccccn2)[C@@H]1c1sccc1C. The summed E-state index contributed by atoms with van der Waals surface area (Å²) in [6.45, 7) is 3.57. The topological polar surface area (TPSA) is 37.4 Å². The number of nitrogens with one attached hydrogen (secondary N) is 1. The maximum absolute atomic E-state index is 5.56. The number of hydrogen-bond donors (Lipinski definition) is 1. The van der Waals surface area contributed by atoms with Gasteiger partial charge < -0.3 is 15.0 Å². The van der Waals surface area contributed by atoms with E-state index in [4.69, 9.17) is 17.0 Å². The molecule has 2 atom stereocenters. The standard InChI is InChI=1S/C16H19N3OS2/c1-11-6-10-22-15(11)14-13(12-5-3-4-7-17-12)18-16(21)19(14)8-9-20-2/h3-7,10,13-14H,8-9H2,1-2H3,(H,18,21)/t13-,14-/m1/s1. The summed E-state index contributed by atoms with van der Waals surface area (Å²) >= 11 is 7.34. The molecule has 0 unspecified atom stereocenters. The summed E-state index contributed by atoms with van der Waals surface area (Å²) < 4.78 is 5.25. The van der Waals surface area contributed by atoms with Crippen LogP contribution in [0.25, 0.3) is 0 Å². The first kappa shape index (κ1) is 15.4. The molecule has 4 nitrogen and oxygen atoms in total. The number of thiocarbonyl (C=S) groups is 1. The zero-order chi connectivity index (χ0) is 15.5. The molecule has 116 valence electrons. The lowest BCUT2D eigenvalue weighted by molar-refractivity contribution is 0.164. The first-order valence-electron chi connectivity index (χ1n) is 7.23. The van der Waals surface area contributed by atoms with Crippen molar-refractivity contribution < 1.29 is 4.74 Å². The Morgan fingerprint density at radius 3 is 2.91 bits per heavy atom. The maximum Gasteiger partial charge on any atom is 0.170 e. The van der Waals surface area contributed by atoms with E-state index >= 15 is 0 Å². The van der Waals surface area contributed by atoms with E-state index in [-0.39, 0.29) is 12.1 Å². The lowest BCUT2D eigenvalue weighted by Crippen LogP contribution is -2.32. The van der Waals surface area contributed by atoms with Gasteiger partial charge in [-0.15, -0.1) is 11.3 Å². The lowest BCUT2D eigenvalue weighted by atomic mass is 10.0. The van der Waals surface area contributed by atoms with Gasteiger partial charge in [0.2, 0.25) is 0 Å². The average molecular weight is 333 g/mol. The molecule has 0 radical (unpaired) electrons. The third-order valence-corrected chi connectivity index (χ3v) is 5.35. The molecular weight excluding hydrogens is 314 g/mol. The maximum atomic E-state index is 5.56. The number of aryl methyl sites for hydroxylation is 1. The zero-order valence-electron chi connectivity index (χ0n) is 12.7. The highest BCUT2D eigenvalue weighted by molar-refractivity contribution is 7.80. The second-order valence-corrected chi connectivity index (χ2v) is 6.62. The molecule has 2 aromatic heterocycles. The van der Waals surface area contributed by atoms with E-state index in [0.29, 0.717) is 6.61 Å². The van der Waals surface area contributed by atoms with Crippen molar-refractivity contribution in [2.75, 3.05) is 20.3 Å². The molecule has 0 bridgehead atoms. The Bertz CT molecular complexity index is 644. The number of thiophene rings is 1. The monoisotopic (exact) mass is 333 g/mol. The van der Waals surface area contributed by atoms with Crippen LogP contribution >= 0.6 is 23.6 Å². The van der Waals surface area contributed by atoms with E-state index < -0.39 is 0 Å². The van der Waals surface area contributed by atoms with E-state index in [1.807, 2.05) is 18.3 Å². The van der Waals surface area contributed by atoms with Gasteiger partial charge in [0, 0.05) is 24.7 Å². The smallest absolute Gasteiger partial charge is 0.170 e. The van der Waals surface area contributed by atoms with Crippen LogP contribution in [0.15, 0.2) is 35.8 Å². The molecule has 1 fully saturated rings. The molecule has 0 amide bonds. The van der Waals surface area contributed by atoms with Crippen LogP contribution in [0.4, 0.5) is 0 Å². The van der Waals surface area contributed by atoms with Gasteiger partial charge in [0.05, 0.1) is 24.4 Å². The summed E-state index contributed by atoms with van der Waals surface area (Å²) in [5.41, 5.74) is 2.31. The molecule has 0 aliphatic carbocycles. The summed E-state index contributed by atoms with van der Waals surface area (Å²) in [4.78, 5) is 8.08. The zero-order valence-corrected chi connectivity index (χ0v) is 14.3. The summed E-state index contributed by atoms with van der Waals surface area (Å²) in [5.74, 6) is 0. The molecule has 0 saturated carbocycles. The van der Waals surface area contributed by atoms with Crippen LogP contribution in [-0.2, 0) is 4.74 Å². The molecule has 0 aromatic carbocycles. The Morgan fingerprint density at radius 1 is 1.41 bits per heavy atom. The van der Waals surface area contributed by atoms with Crippen LogP contribution in [0.2, 0.25) is 0 Å². The second-order valence-electron chi connectivity index (χ2n) is 5.28. The molecule has 22 heavy (non-hydrogen) atoms. The number of methoxy groups -OCH3 is 1. The predicted octanol–water partition coefficient (Wildman–Crippen LogP) is 3.07. The highest BCUT2D eigenvalue weighted by atomic mass is 32.1. The summed E-state index contributed by atoms with van der Waals surface area (Å²) in [6.07, 6.45) is 1.83. The largest absolute Gasteiger partial charge is 0.383 e. The van der Waals surface area contributed by atoms with Crippen molar-refractivity contribution in [3.63, 3.8) is 0 Å². The second kappa shape index (κ2) is 6.73. The third kappa shape index (κ3) is 2.86. The van der Waals surface area contributed by atoms with Gasteiger partial charge in [0.1, 0.15) is 0 Å². The minimum absolute atomic E-state index is 0.0721. The van der Waals surface area contributed by atoms with Gasteiger partial charge in [-0.25, -0.2) is 0 Å². The minimum Gasteiger partial charge on any atom is -0.383 e. The van der Waals surface area contributed by atoms with E-state index in [0.717, 1.165) is 17.4 Å². The molecule has 1 aliphatic heterocycles. The van der Waals surface area contributed by atoms with E-state index in [1.54, 1.807) is 18.4 Å². The highest BCUT2D eigenvalue weighted by Crippen LogP contribution is 2.41. The molecule has 0 spiro atoms. The average Bonchev–Trinajstić information content (AvgIpc) is 3.09. The van der Waals surface area contributed by atoms with Crippen LogP contribution in [0.3, 0.4) is 0 Å². The molecule has 6 heteroatoms. The molecule has 1 N–H and O–H groups in total. The number of nitrogens with zero attached hydrogens (tertiary/aromatic N) is 2. The minimum atomic E-state index is 0.0721. The normalized spacial score (nSPS) is 21.2. The molecule has 3 rings (SSSR count). The summed E-state index contributed by atoms with van der Waals surface area (Å²) in [6, 6.07) is 8.40. The Kier molecular flexibility index (Phi) is 4.71. The number of aromatic nitrogens is 1. The van der Waals surface area contributed by atoms with Crippen molar-refractivity contribution in [1.29, 1.82) is 0 Å². The molecule has 3 heterocycles. The Labute approximate surface area is 140 Å². The number of rotatable bonds is 5. The first-order valence-corrected chi connectivity index (χ1v) is 8.52. The lowest BCUT2D eigenvalue weighted by Gasteiger charge is -2.27. The first-order chi connectivity index (χ1) is 10.7. The fraction of sp³-hybridized carbons (Fsp3) is 0.375. The van der Waals surface area contributed by atoms with E-state index in [9.17, 15) is 0 Å². The van der Waals surface area contributed by atoms with Crippen molar-refractivity contribution in [3.05, 3.63) is 52.0 Å².